The van der Waals surface area contributed by atoms with Crippen LogP contribution in [0.25, 0.3) is 0 Å². The Labute approximate surface area is 145 Å². The van der Waals surface area contributed by atoms with Gasteiger partial charge in [-0.2, -0.15) is 0 Å². The number of nitrogens with one attached hydrogen (secondary N) is 1. The highest BCUT2D eigenvalue weighted by Gasteiger charge is 2.08. The van der Waals surface area contributed by atoms with E-state index in [9.17, 15) is 5.11 Å². The lowest BCUT2D eigenvalue weighted by Crippen LogP contribution is -2.26. The van der Waals surface area contributed by atoms with Gasteiger partial charge in [0.25, 0.3) is 0 Å². The smallest absolute Gasteiger partial charge is 0.122 e. The molecule has 0 spiro atoms. The van der Waals surface area contributed by atoms with E-state index in [4.69, 9.17) is 4.74 Å². The molecule has 0 radical (unpaired) electrons. The molecule has 3 heteroatoms. The average molecular weight is 325 g/mol. The van der Waals surface area contributed by atoms with Crippen molar-refractivity contribution in [1.82, 2.24) is 0 Å². The predicted molar refractivity (Wildman–Crippen MR) is 101 cm³/mol. The molecule has 0 aliphatic rings. The summed E-state index contributed by atoms with van der Waals surface area (Å²) in [4.78, 5) is 0. The van der Waals surface area contributed by atoms with Gasteiger partial charge in [0.15, 0.2) is 0 Å². The normalized spacial score (nSPS) is 12.0. The second-order valence-electron chi connectivity index (χ2n) is 6.22. The number of ether oxygens (including phenoxy) is 1. The van der Waals surface area contributed by atoms with Gasteiger partial charge in [-0.1, -0.05) is 50.3 Å². The first-order chi connectivity index (χ1) is 11.6. The second kappa shape index (κ2) is 9.14. The third-order valence-corrected chi connectivity index (χ3v) is 3.89. The van der Waals surface area contributed by atoms with E-state index in [0.717, 1.165) is 23.4 Å². The monoisotopic (exact) mass is 325 g/mol. The standard InChI is InChI=1S/C21H27NO2/c1-4-7-18-8-5-6-9-21(18)24-15-20(23)14-22-19-12-10-17(11-13-19)16(2)3/h4-6,8-13,16,20,22-23H,1,7,14-15H2,2-3H3. The van der Waals surface area contributed by atoms with E-state index in [-0.39, 0.29) is 6.61 Å². The SMILES string of the molecule is C=CCc1ccccc1OCC(O)CNc1ccc(C(C)C)cc1. The fourth-order valence-electron chi connectivity index (χ4n) is 2.44. The van der Waals surface area contributed by atoms with Gasteiger partial charge in [-0.3, -0.25) is 0 Å². The summed E-state index contributed by atoms with van der Waals surface area (Å²) in [5.74, 6) is 1.33. The number of rotatable bonds is 9. The number of aliphatic hydroxyl groups is 1. The van der Waals surface area contributed by atoms with Crippen molar-refractivity contribution >= 4 is 5.69 Å². The van der Waals surface area contributed by atoms with Gasteiger partial charge in [-0.15, -0.1) is 6.58 Å². The maximum atomic E-state index is 10.1. The van der Waals surface area contributed by atoms with Crippen LogP contribution in [0, 0.1) is 0 Å². The highest BCUT2D eigenvalue weighted by atomic mass is 16.5. The molecule has 2 N–H and O–H groups in total. The molecule has 128 valence electrons. The number of allylic oxidation sites excluding steroid dienone is 1. The summed E-state index contributed by atoms with van der Waals surface area (Å²) < 4.78 is 5.75. The predicted octanol–water partition coefficient (Wildman–Crippen LogP) is 4.39. The van der Waals surface area contributed by atoms with Crippen LogP contribution >= 0.6 is 0 Å². The molecule has 0 aromatic heterocycles. The Bertz CT molecular complexity index is 635. The van der Waals surface area contributed by atoms with Gasteiger partial charge >= 0.3 is 0 Å². The molecule has 24 heavy (non-hydrogen) atoms. The van der Waals surface area contributed by atoms with Crippen molar-refractivity contribution in [3.05, 3.63) is 72.3 Å². The van der Waals surface area contributed by atoms with Crippen LogP contribution in [0.1, 0.15) is 30.9 Å². The Morgan fingerprint density at radius 3 is 2.50 bits per heavy atom. The highest BCUT2D eigenvalue weighted by molar-refractivity contribution is 5.45. The van der Waals surface area contributed by atoms with Crippen LogP contribution in [-0.4, -0.2) is 24.4 Å². The molecule has 0 aliphatic carbocycles. The maximum Gasteiger partial charge on any atom is 0.122 e. The lowest BCUT2D eigenvalue weighted by molar-refractivity contribution is 0.117. The molecule has 0 bridgehead atoms. The largest absolute Gasteiger partial charge is 0.491 e. The Morgan fingerprint density at radius 1 is 1.12 bits per heavy atom. The van der Waals surface area contributed by atoms with Crippen molar-refractivity contribution in [3.63, 3.8) is 0 Å². The Hall–Kier alpha value is -2.26. The van der Waals surface area contributed by atoms with Crippen LogP contribution in [0.15, 0.2) is 61.2 Å². The van der Waals surface area contributed by atoms with Crippen LogP contribution in [0.2, 0.25) is 0 Å². The van der Waals surface area contributed by atoms with Gasteiger partial charge in [0.2, 0.25) is 0 Å². The maximum absolute atomic E-state index is 10.1. The topological polar surface area (TPSA) is 41.5 Å². The fraction of sp³-hybridized carbons (Fsp3) is 0.333. The number of aliphatic hydroxyl groups excluding tert-OH is 1. The zero-order valence-electron chi connectivity index (χ0n) is 14.5. The van der Waals surface area contributed by atoms with Crippen molar-refractivity contribution in [1.29, 1.82) is 0 Å². The van der Waals surface area contributed by atoms with Gasteiger partial charge in [-0.05, 0) is 41.7 Å². The highest BCUT2D eigenvalue weighted by Crippen LogP contribution is 2.19. The molecular formula is C21H27NO2. The number of para-hydroxylation sites is 1. The van der Waals surface area contributed by atoms with E-state index in [2.05, 4.69) is 37.9 Å². The van der Waals surface area contributed by atoms with E-state index in [1.807, 2.05) is 42.5 Å². The van der Waals surface area contributed by atoms with Crippen molar-refractivity contribution < 1.29 is 9.84 Å². The zero-order valence-corrected chi connectivity index (χ0v) is 14.5. The molecule has 0 heterocycles. The molecule has 0 fully saturated rings. The Morgan fingerprint density at radius 2 is 1.83 bits per heavy atom. The third-order valence-electron chi connectivity index (χ3n) is 3.89. The van der Waals surface area contributed by atoms with E-state index < -0.39 is 6.10 Å². The summed E-state index contributed by atoms with van der Waals surface area (Å²) in [6, 6.07) is 16.2. The van der Waals surface area contributed by atoms with Crippen molar-refractivity contribution in [3.8, 4) is 5.75 Å². The average Bonchev–Trinajstić information content (AvgIpc) is 2.60. The summed E-state index contributed by atoms with van der Waals surface area (Å²) >= 11 is 0. The molecule has 2 aromatic rings. The molecule has 0 aliphatic heterocycles. The molecule has 2 aromatic carbocycles. The van der Waals surface area contributed by atoms with E-state index in [1.54, 1.807) is 0 Å². The minimum Gasteiger partial charge on any atom is -0.491 e. The second-order valence-corrected chi connectivity index (χ2v) is 6.22. The molecule has 0 amide bonds. The van der Waals surface area contributed by atoms with Crippen molar-refractivity contribution in [2.24, 2.45) is 0 Å². The summed E-state index contributed by atoms with van der Waals surface area (Å²) in [6.07, 6.45) is 2.03. The summed E-state index contributed by atoms with van der Waals surface area (Å²) in [5.41, 5.74) is 3.39. The van der Waals surface area contributed by atoms with Crippen LogP contribution in [0.5, 0.6) is 5.75 Å². The first kappa shape index (κ1) is 18.1. The molecule has 2 rings (SSSR count). The van der Waals surface area contributed by atoms with E-state index >= 15 is 0 Å². The Balaban J connectivity index is 1.81. The molecule has 1 unspecified atom stereocenters. The van der Waals surface area contributed by atoms with Gasteiger partial charge in [0.05, 0.1) is 0 Å². The van der Waals surface area contributed by atoms with Crippen LogP contribution in [0.4, 0.5) is 5.69 Å². The minimum absolute atomic E-state index is 0.255. The number of hydrogen-bond donors (Lipinski definition) is 2. The summed E-state index contributed by atoms with van der Waals surface area (Å²) in [6.45, 7) is 8.81. The van der Waals surface area contributed by atoms with Crippen molar-refractivity contribution in [2.45, 2.75) is 32.3 Å². The van der Waals surface area contributed by atoms with Gasteiger partial charge in [0, 0.05) is 12.2 Å². The van der Waals surface area contributed by atoms with Gasteiger partial charge in [0.1, 0.15) is 18.5 Å². The van der Waals surface area contributed by atoms with Crippen LogP contribution in [0.3, 0.4) is 0 Å². The van der Waals surface area contributed by atoms with Crippen LogP contribution < -0.4 is 10.1 Å². The molecule has 3 nitrogen and oxygen atoms in total. The van der Waals surface area contributed by atoms with E-state index in [0.29, 0.717) is 12.5 Å². The van der Waals surface area contributed by atoms with E-state index in [1.165, 1.54) is 5.56 Å². The first-order valence-electron chi connectivity index (χ1n) is 8.43. The summed E-state index contributed by atoms with van der Waals surface area (Å²) in [5, 5.41) is 13.4. The van der Waals surface area contributed by atoms with Gasteiger partial charge in [-0.25, -0.2) is 0 Å². The third kappa shape index (κ3) is 5.43. The molecule has 0 saturated carbocycles. The number of anilines is 1. The minimum atomic E-state index is -0.577. The lowest BCUT2D eigenvalue weighted by atomic mass is 10.0. The van der Waals surface area contributed by atoms with Gasteiger partial charge < -0.3 is 15.2 Å². The number of hydrogen-bond acceptors (Lipinski definition) is 3. The molecule has 1 atom stereocenters. The Kier molecular flexibility index (Phi) is 6.89. The first-order valence-corrected chi connectivity index (χ1v) is 8.43. The molecule has 0 saturated heterocycles. The zero-order chi connectivity index (χ0) is 17.4. The van der Waals surface area contributed by atoms with Crippen molar-refractivity contribution in [2.75, 3.05) is 18.5 Å². The fourth-order valence-corrected chi connectivity index (χ4v) is 2.44. The summed E-state index contributed by atoms with van der Waals surface area (Å²) in [7, 11) is 0. The van der Waals surface area contributed by atoms with Crippen LogP contribution in [-0.2, 0) is 6.42 Å². The lowest BCUT2D eigenvalue weighted by Gasteiger charge is -2.16. The quantitative estimate of drug-likeness (QED) is 0.672. The number of benzene rings is 2. The molecular weight excluding hydrogens is 298 g/mol.